The molecule has 0 spiro atoms. The Balaban J connectivity index is 0.000000659. The molecule has 0 aliphatic carbocycles. The molecule has 0 unspecified atom stereocenters. The predicted octanol–water partition coefficient (Wildman–Crippen LogP) is 6.29. The third-order valence-electron chi connectivity index (χ3n) is 1.79. The van der Waals surface area contributed by atoms with Gasteiger partial charge in [-0.3, -0.25) is 0 Å². The van der Waals surface area contributed by atoms with Crippen LogP contribution in [0.5, 0.6) is 11.5 Å². The molecule has 0 bridgehead atoms. The Labute approximate surface area is 119 Å². The van der Waals surface area contributed by atoms with Gasteiger partial charge >= 0.3 is 0 Å². The van der Waals surface area contributed by atoms with Crippen molar-refractivity contribution in [2.45, 2.75) is 27.7 Å². The van der Waals surface area contributed by atoms with Gasteiger partial charge in [-0.05, 0) is 36.4 Å². The van der Waals surface area contributed by atoms with Gasteiger partial charge < -0.3 is 4.74 Å². The lowest BCUT2D eigenvalue weighted by atomic mass is 10.3. The molecule has 0 saturated heterocycles. The lowest BCUT2D eigenvalue weighted by molar-refractivity contribution is 0.482. The van der Waals surface area contributed by atoms with Crippen LogP contribution in [0.3, 0.4) is 0 Å². The Bertz CT molecular complexity index is 395. The van der Waals surface area contributed by atoms with E-state index >= 15 is 0 Å². The molecule has 1 nitrogen and oxygen atoms in total. The smallest absolute Gasteiger partial charge is 0.127 e. The normalized spacial score (nSPS) is 8.28. The Morgan fingerprint density at radius 2 is 1.11 bits per heavy atom. The fourth-order valence-corrected chi connectivity index (χ4v) is 1.39. The van der Waals surface area contributed by atoms with Crippen molar-refractivity contribution in [2.75, 3.05) is 0 Å². The van der Waals surface area contributed by atoms with Crippen LogP contribution in [0, 0.1) is 0 Å². The molecular weight excluding hydrogens is 288 g/mol. The van der Waals surface area contributed by atoms with Gasteiger partial charge in [0.05, 0.1) is 0 Å². The van der Waals surface area contributed by atoms with E-state index in [1.165, 1.54) is 0 Å². The van der Waals surface area contributed by atoms with Crippen LogP contribution in [0.4, 0.5) is 0 Å². The molecule has 0 atom stereocenters. The minimum absolute atomic E-state index is 0.847. The summed E-state index contributed by atoms with van der Waals surface area (Å²) >= 11 is 3.38. The molecule has 98 valence electrons. The molecule has 2 aromatic carbocycles. The van der Waals surface area contributed by atoms with Crippen LogP contribution in [0.1, 0.15) is 27.7 Å². The van der Waals surface area contributed by atoms with Crippen molar-refractivity contribution in [1.82, 2.24) is 0 Å². The van der Waals surface area contributed by atoms with Gasteiger partial charge in [0, 0.05) is 4.47 Å². The fourth-order valence-electron chi connectivity index (χ4n) is 1.13. The van der Waals surface area contributed by atoms with Gasteiger partial charge in [-0.15, -0.1) is 0 Å². The molecule has 2 aromatic rings. The molecule has 0 aromatic heterocycles. The molecule has 0 heterocycles. The Kier molecular flexibility index (Phi) is 10.1. The minimum Gasteiger partial charge on any atom is -0.457 e. The summed E-state index contributed by atoms with van der Waals surface area (Å²) in [6.45, 7) is 8.00. The molecule has 0 fully saturated rings. The van der Waals surface area contributed by atoms with E-state index < -0.39 is 0 Å². The molecule has 0 saturated carbocycles. The zero-order chi connectivity index (χ0) is 13.8. The van der Waals surface area contributed by atoms with Crippen LogP contribution < -0.4 is 4.74 Å². The third-order valence-corrected chi connectivity index (χ3v) is 2.32. The molecular formula is C16H21BrO. The largest absolute Gasteiger partial charge is 0.457 e. The first-order valence-corrected chi connectivity index (χ1v) is 7.12. The predicted molar refractivity (Wildman–Crippen MR) is 83.4 cm³/mol. The molecule has 0 amide bonds. The molecule has 0 aliphatic heterocycles. The number of hydrogen-bond donors (Lipinski definition) is 0. The van der Waals surface area contributed by atoms with E-state index in [1.807, 2.05) is 82.3 Å². The molecule has 2 heteroatoms. The van der Waals surface area contributed by atoms with Gasteiger partial charge in [-0.25, -0.2) is 0 Å². The van der Waals surface area contributed by atoms with Crippen LogP contribution in [0.2, 0.25) is 0 Å². The number of rotatable bonds is 2. The highest BCUT2D eigenvalue weighted by atomic mass is 79.9. The van der Waals surface area contributed by atoms with Crippen molar-refractivity contribution in [3.05, 3.63) is 59.1 Å². The number of halogens is 1. The van der Waals surface area contributed by atoms with E-state index in [0.717, 1.165) is 16.0 Å². The third kappa shape index (κ3) is 6.45. The summed E-state index contributed by atoms with van der Waals surface area (Å²) < 4.78 is 6.67. The second-order valence-corrected chi connectivity index (χ2v) is 3.78. The first-order valence-electron chi connectivity index (χ1n) is 6.33. The number of ether oxygens (including phenoxy) is 1. The summed E-state index contributed by atoms with van der Waals surface area (Å²) in [5.74, 6) is 1.70. The Morgan fingerprint density at radius 3 is 1.61 bits per heavy atom. The van der Waals surface area contributed by atoms with Crippen LogP contribution in [0.15, 0.2) is 59.1 Å². The van der Waals surface area contributed by atoms with E-state index in [4.69, 9.17) is 4.74 Å². The monoisotopic (exact) mass is 308 g/mol. The van der Waals surface area contributed by atoms with E-state index in [-0.39, 0.29) is 0 Å². The highest BCUT2D eigenvalue weighted by molar-refractivity contribution is 9.10. The lowest BCUT2D eigenvalue weighted by Gasteiger charge is -2.04. The van der Waals surface area contributed by atoms with Crippen molar-refractivity contribution >= 4 is 15.9 Å². The number of para-hydroxylation sites is 1. The highest BCUT2D eigenvalue weighted by Gasteiger charge is 1.94. The first kappa shape index (κ1) is 16.7. The topological polar surface area (TPSA) is 9.23 Å². The number of hydrogen-bond acceptors (Lipinski definition) is 1. The SMILES string of the molecule is Brc1ccc(Oc2ccccc2)cc1.CC.CC. The fraction of sp³-hybridized carbons (Fsp3) is 0.250. The van der Waals surface area contributed by atoms with E-state index in [2.05, 4.69) is 15.9 Å². The molecule has 18 heavy (non-hydrogen) atoms. The van der Waals surface area contributed by atoms with Crippen LogP contribution in [-0.4, -0.2) is 0 Å². The van der Waals surface area contributed by atoms with Crippen molar-refractivity contribution in [1.29, 1.82) is 0 Å². The van der Waals surface area contributed by atoms with Gasteiger partial charge in [0.15, 0.2) is 0 Å². The number of benzene rings is 2. The zero-order valence-corrected chi connectivity index (χ0v) is 13.1. The van der Waals surface area contributed by atoms with Gasteiger partial charge in [0.1, 0.15) is 11.5 Å². The Morgan fingerprint density at radius 1 is 0.667 bits per heavy atom. The van der Waals surface area contributed by atoms with Gasteiger partial charge in [0.25, 0.3) is 0 Å². The highest BCUT2D eigenvalue weighted by Crippen LogP contribution is 2.22. The van der Waals surface area contributed by atoms with Crippen LogP contribution >= 0.6 is 15.9 Å². The van der Waals surface area contributed by atoms with Gasteiger partial charge in [-0.1, -0.05) is 61.8 Å². The molecule has 0 N–H and O–H groups in total. The minimum atomic E-state index is 0.847. The van der Waals surface area contributed by atoms with Crippen molar-refractivity contribution < 1.29 is 4.74 Å². The van der Waals surface area contributed by atoms with Crippen LogP contribution in [0.25, 0.3) is 0 Å². The summed E-state index contributed by atoms with van der Waals surface area (Å²) in [6, 6.07) is 17.5. The zero-order valence-electron chi connectivity index (χ0n) is 11.5. The van der Waals surface area contributed by atoms with E-state index in [9.17, 15) is 0 Å². The quantitative estimate of drug-likeness (QED) is 0.633. The summed E-state index contributed by atoms with van der Waals surface area (Å²) in [5.41, 5.74) is 0. The maximum absolute atomic E-state index is 5.61. The summed E-state index contributed by atoms with van der Waals surface area (Å²) in [6.07, 6.45) is 0. The summed E-state index contributed by atoms with van der Waals surface area (Å²) in [5, 5.41) is 0. The lowest BCUT2D eigenvalue weighted by Crippen LogP contribution is -1.82. The second kappa shape index (κ2) is 10.8. The standard InChI is InChI=1S/C12H9BrO.2C2H6/c13-10-6-8-12(9-7-10)14-11-4-2-1-3-5-11;2*1-2/h1-9H;2*1-2H3. The van der Waals surface area contributed by atoms with E-state index in [1.54, 1.807) is 0 Å². The first-order chi connectivity index (χ1) is 8.84. The van der Waals surface area contributed by atoms with Crippen LogP contribution in [-0.2, 0) is 0 Å². The second-order valence-electron chi connectivity index (χ2n) is 2.87. The average Bonchev–Trinajstić information content (AvgIpc) is 2.47. The maximum atomic E-state index is 5.61. The van der Waals surface area contributed by atoms with Crippen molar-refractivity contribution in [3.8, 4) is 11.5 Å². The molecule has 0 aliphatic rings. The van der Waals surface area contributed by atoms with Crippen molar-refractivity contribution in [2.24, 2.45) is 0 Å². The molecule has 2 rings (SSSR count). The Hall–Kier alpha value is -1.28. The average molecular weight is 309 g/mol. The van der Waals surface area contributed by atoms with Gasteiger partial charge in [0.2, 0.25) is 0 Å². The summed E-state index contributed by atoms with van der Waals surface area (Å²) in [4.78, 5) is 0. The maximum Gasteiger partial charge on any atom is 0.127 e. The van der Waals surface area contributed by atoms with Crippen molar-refractivity contribution in [3.63, 3.8) is 0 Å². The van der Waals surface area contributed by atoms with Gasteiger partial charge in [-0.2, -0.15) is 0 Å². The molecule has 0 radical (unpaired) electrons. The van der Waals surface area contributed by atoms with E-state index in [0.29, 0.717) is 0 Å². The summed E-state index contributed by atoms with van der Waals surface area (Å²) in [7, 11) is 0.